The van der Waals surface area contributed by atoms with Crippen LogP contribution in [-0.4, -0.2) is 55.5 Å². The first-order valence-electron chi connectivity index (χ1n) is 10.2. The molecule has 0 aliphatic carbocycles. The van der Waals surface area contributed by atoms with Gasteiger partial charge >= 0.3 is 6.18 Å². The number of halogens is 3. The Kier molecular flexibility index (Phi) is 5.59. The summed E-state index contributed by atoms with van der Waals surface area (Å²) in [7, 11) is 2.10. The van der Waals surface area contributed by atoms with E-state index in [2.05, 4.69) is 22.2 Å². The highest BCUT2D eigenvalue weighted by Gasteiger charge is 2.52. The second kappa shape index (κ2) is 8.04. The van der Waals surface area contributed by atoms with Crippen LogP contribution < -0.4 is 5.32 Å². The van der Waals surface area contributed by atoms with E-state index >= 15 is 0 Å². The molecule has 4 rings (SSSR count). The topological polar surface area (TPSA) is 35.6 Å². The average molecular weight is 417 g/mol. The fraction of sp³-hybridized carbons (Fsp3) is 0.435. The maximum absolute atomic E-state index is 12.7. The number of benzene rings is 2. The molecule has 1 spiro atoms. The number of amides is 1. The standard InChI is InChI=1S/C23H26F3N3O/c1-28-13-20(11-27-21(30)18-5-3-2-4-6-18)22(14-28)15-29(16-22)12-17-7-9-19(10-8-17)23(24,25)26/h2-10,20H,11-16H2,1H3,(H,27,30). The van der Waals surface area contributed by atoms with E-state index in [1.807, 2.05) is 18.2 Å². The molecule has 0 bridgehead atoms. The van der Waals surface area contributed by atoms with Gasteiger partial charge in [-0.15, -0.1) is 0 Å². The lowest BCUT2D eigenvalue weighted by molar-refractivity contribution is -0.137. The van der Waals surface area contributed by atoms with Crippen molar-refractivity contribution in [2.24, 2.45) is 11.3 Å². The van der Waals surface area contributed by atoms with Gasteiger partial charge in [0.25, 0.3) is 5.91 Å². The van der Waals surface area contributed by atoms with Gasteiger partial charge in [0, 0.05) is 50.2 Å². The van der Waals surface area contributed by atoms with E-state index < -0.39 is 11.7 Å². The van der Waals surface area contributed by atoms with E-state index in [1.165, 1.54) is 0 Å². The largest absolute Gasteiger partial charge is 0.416 e. The van der Waals surface area contributed by atoms with Gasteiger partial charge in [0.2, 0.25) is 0 Å². The Balaban J connectivity index is 1.32. The molecule has 30 heavy (non-hydrogen) atoms. The number of alkyl halides is 3. The van der Waals surface area contributed by atoms with E-state index in [1.54, 1.807) is 24.3 Å². The van der Waals surface area contributed by atoms with E-state index in [-0.39, 0.29) is 11.3 Å². The number of likely N-dealkylation sites (tertiary alicyclic amines) is 2. The molecule has 160 valence electrons. The Morgan fingerprint density at radius 3 is 2.37 bits per heavy atom. The van der Waals surface area contributed by atoms with Crippen molar-refractivity contribution < 1.29 is 18.0 Å². The summed E-state index contributed by atoms with van der Waals surface area (Å²) in [5, 5.41) is 3.08. The first-order chi connectivity index (χ1) is 14.2. The lowest BCUT2D eigenvalue weighted by atomic mass is 9.71. The lowest BCUT2D eigenvalue weighted by Gasteiger charge is -2.51. The molecule has 1 N–H and O–H groups in total. The highest BCUT2D eigenvalue weighted by atomic mass is 19.4. The fourth-order valence-electron chi connectivity index (χ4n) is 4.86. The van der Waals surface area contributed by atoms with Crippen LogP contribution in [0.2, 0.25) is 0 Å². The molecule has 2 saturated heterocycles. The van der Waals surface area contributed by atoms with E-state index in [9.17, 15) is 18.0 Å². The van der Waals surface area contributed by atoms with E-state index in [4.69, 9.17) is 0 Å². The molecule has 7 heteroatoms. The summed E-state index contributed by atoms with van der Waals surface area (Å²) < 4.78 is 38.2. The van der Waals surface area contributed by atoms with Crippen LogP contribution in [-0.2, 0) is 12.7 Å². The summed E-state index contributed by atoms with van der Waals surface area (Å²) in [4.78, 5) is 17.0. The quantitative estimate of drug-likeness (QED) is 0.809. The first kappa shape index (κ1) is 20.9. The van der Waals surface area contributed by atoms with Crippen LogP contribution in [0.25, 0.3) is 0 Å². The number of hydrogen-bond donors (Lipinski definition) is 1. The monoisotopic (exact) mass is 417 g/mol. The van der Waals surface area contributed by atoms with Crippen molar-refractivity contribution in [2.45, 2.75) is 12.7 Å². The fourth-order valence-corrected chi connectivity index (χ4v) is 4.86. The van der Waals surface area contributed by atoms with Gasteiger partial charge in [-0.3, -0.25) is 9.69 Å². The van der Waals surface area contributed by atoms with Crippen LogP contribution in [0.5, 0.6) is 0 Å². The molecule has 1 atom stereocenters. The highest BCUT2D eigenvalue weighted by molar-refractivity contribution is 5.94. The Labute approximate surface area is 174 Å². The van der Waals surface area contributed by atoms with Crippen LogP contribution in [0, 0.1) is 11.3 Å². The average Bonchev–Trinajstić information content (AvgIpc) is 3.02. The molecule has 0 radical (unpaired) electrons. The van der Waals surface area contributed by atoms with Crippen molar-refractivity contribution in [3.63, 3.8) is 0 Å². The van der Waals surface area contributed by atoms with Gasteiger partial charge < -0.3 is 10.2 Å². The molecular formula is C23H26F3N3O. The van der Waals surface area contributed by atoms with E-state index in [0.717, 1.165) is 43.9 Å². The van der Waals surface area contributed by atoms with Crippen molar-refractivity contribution in [3.8, 4) is 0 Å². The number of rotatable bonds is 5. The Hall–Kier alpha value is -2.38. The lowest BCUT2D eigenvalue weighted by Crippen LogP contribution is -2.61. The van der Waals surface area contributed by atoms with Crippen LogP contribution >= 0.6 is 0 Å². The van der Waals surface area contributed by atoms with Gasteiger partial charge in [-0.05, 0) is 42.8 Å². The van der Waals surface area contributed by atoms with Crippen LogP contribution in [0.1, 0.15) is 21.5 Å². The van der Waals surface area contributed by atoms with Crippen molar-refractivity contribution >= 4 is 5.91 Å². The van der Waals surface area contributed by atoms with Gasteiger partial charge in [-0.25, -0.2) is 0 Å². The molecule has 2 fully saturated rings. The van der Waals surface area contributed by atoms with Crippen molar-refractivity contribution in [2.75, 3.05) is 39.8 Å². The predicted octanol–water partition coefficient (Wildman–Crippen LogP) is 3.50. The molecule has 1 unspecified atom stereocenters. The van der Waals surface area contributed by atoms with E-state index in [0.29, 0.717) is 24.6 Å². The maximum atomic E-state index is 12.7. The number of hydrogen-bond acceptors (Lipinski definition) is 3. The molecule has 2 aromatic carbocycles. The van der Waals surface area contributed by atoms with Gasteiger partial charge in [0.15, 0.2) is 0 Å². The molecule has 2 aliphatic rings. The summed E-state index contributed by atoms with van der Waals surface area (Å²) in [5.74, 6) is 0.306. The number of carbonyl (C=O) groups excluding carboxylic acids is 1. The number of carbonyl (C=O) groups is 1. The van der Waals surface area contributed by atoms with Crippen LogP contribution in [0.4, 0.5) is 13.2 Å². The normalized spacial score (nSPS) is 21.5. The van der Waals surface area contributed by atoms with Crippen LogP contribution in [0.3, 0.4) is 0 Å². The summed E-state index contributed by atoms with van der Waals surface area (Å²) in [6, 6.07) is 14.6. The second-order valence-electron chi connectivity index (χ2n) is 8.67. The number of nitrogens with zero attached hydrogens (tertiary/aromatic N) is 2. The Morgan fingerprint density at radius 2 is 1.73 bits per heavy atom. The highest BCUT2D eigenvalue weighted by Crippen LogP contribution is 2.43. The Morgan fingerprint density at radius 1 is 1.07 bits per heavy atom. The number of nitrogens with one attached hydrogen (secondary N) is 1. The third kappa shape index (κ3) is 4.37. The van der Waals surface area contributed by atoms with Gasteiger partial charge in [-0.1, -0.05) is 30.3 Å². The molecule has 0 aromatic heterocycles. The minimum atomic E-state index is -4.30. The second-order valence-corrected chi connectivity index (χ2v) is 8.67. The minimum absolute atomic E-state index is 0.0544. The molecule has 4 nitrogen and oxygen atoms in total. The summed E-state index contributed by atoms with van der Waals surface area (Å²) >= 11 is 0. The summed E-state index contributed by atoms with van der Waals surface area (Å²) in [5.41, 5.74) is 1.07. The third-order valence-electron chi connectivity index (χ3n) is 6.29. The molecule has 2 aromatic rings. The zero-order valence-corrected chi connectivity index (χ0v) is 17.0. The van der Waals surface area contributed by atoms with Gasteiger partial charge in [-0.2, -0.15) is 13.2 Å². The van der Waals surface area contributed by atoms with Crippen molar-refractivity contribution in [1.29, 1.82) is 0 Å². The zero-order valence-electron chi connectivity index (χ0n) is 17.0. The zero-order chi connectivity index (χ0) is 21.4. The van der Waals surface area contributed by atoms with Crippen LogP contribution in [0.15, 0.2) is 54.6 Å². The predicted molar refractivity (Wildman–Crippen MR) is 109 cm³/mol. The Bertz CT molecular complexity index is 877. The smallest absolute Gasteiger partial charge is 0.352 e. The first-order valence-corrected chi connectivity index (χ1v) is 10.2. The molecular weight excluding hydrogens is 391 g/mol. The third-order valence-corrected chi connectivity index (χ3v) is 6.29. The molecule has 1 amide bonds. The summed E-state index contributed by atoms with van der Waals surface area (Å²) in [6.07, 6.45) is -4.30. The molecule has 0 saturated carbocycles. The molecule has 2 aliphatic heterocycles. The minimum Gasteiger partial charge on any atom is -0.352 e. The molecule has 2 heterocycles. The van der Waals surface area contributed by atoms with Gasteiger partial charge in [0.1, 0.15) is 0 Å². The maximum Gasteiger partial charge on any atom is 0.416 e. The summed E-state index contributed by atoms with van der Waals surface area (Å²) in [6.45, 7) is 4.97. The van der Waals surface area contributed by atoms with Crippen molar-refractivity contribution in [1.82, 2.24) is 15.1 Å². The SMILES string of the molecule is CN1CC(CNC(=O)c2ccccc2)C2(C1)CN(Cc1ccc(C(F)(F)F)cc1)C2. The van der Waals surface area contributed by atoms with Crippen molar-refractivity contribution in [3.05, 3.63) is 71.3 Å². The van der Waals surface area contributed by atoms with Gasteiger partial charge in [0.05, 0.1) is 5.56 Å².